The molecule has 0 N–H and O–H groups in total. The Morgan fingerprint density at radius 2 is 1.08 bits per heavy atom. The standard InChI is InChI=1S/C19H37Cl3OSi/c1-19(2)18-23-16-14-12-10-8-6-4-3-5-7-9-11-13-15-17-24(20,21)22/h1,3-18H2,2H3. The highest BCUT2D eigenvalue weighted by molar-refractivity contribution is 7.64. The van der Waals surface area contributed by atoms with Crippen molar-refractivity contribution in [3.05, 3.63) is 12.2 Å². The second-order valence-corrected chi connectivity index (χ2v) is 16.2. The van der Waals surface area contributed by atoms with Gasteiger partial charge in [0.05, 0.1) is 6.61 Å². The lowest BCUT2D eigenvalue weighted by Crippen LogP contribution is -2.07. The molecule has 144 valence electrons. The lowest BCUT2D eigenvalue weighted by atomic mass is 10.0. The summed E-state index contributed by atoms with van der Waals surface area (Å²) in [7, 11) is 0. The second-order valence-electron chi connectivity index (χ2n) is 6.97. The summed E-state index contributed by atoms with van der Waals surface area (Å²) in [5, 5.41) is 0. The van der Waals surface area contributed by atoms with Gasteiger partial charge in [-0.2, -0.15) is 0 Å². The van der Waals surface area contributed by atoms with Gasteiger partial charge in [-0.25, -0.2) is 0 Å². The first-order valence-electron chi connectivity index (χ1n) is 9.70. The molecule has 0 radical (unpaired) electrons. The molecule has 0 aromatic carbocycles. The fourth-order valence-electron chi connectivity index (χ4n) is 2.72. The Bertz CT molecular complexity index is 293. The number of ether oxygens (including phenoxy) is 1. The van der Waals surface area contributed by atoms with Crippen LogP contribution in [-0.4, -0.2) is 19.2 Å². The first kappa shape index (κ1) is 24.8. The summed E-state index contributed by atoms with van der Waals surface area (Å²) in [4.78, 5) is 0. The number of halogens is 3. The van der Waals surface area contributed by atoms with E-state index in [1.165, 1.54) is 77.0 Å². The van der Waals surface area contributed by atoms with E-state index in [2.05, 4.69) is 6.58 Å². The summed E-state index contributed by atoms with van der Waals surface area (Å²) in [5.74, 6) is 0. The summed E-state index contributed by atoms with van der Waals surface area (Å²) >= 11 is 17.6. The molecule has 0 aliphatic carbocycles. The molecule has 0 unspecified atom stereocenters. The van der Waals surface area contributed by atoms with Crippen molar-refractivity contribution in [3.8, 4) is 0 Å². The van der Waals surface area contributed by atoms with Crippen molar-refractivity contribution >= 4 is 39.2 Å². The predicted molar refractivity (Wildman–Crippen MR) is 114 cm³/mol. The molecule has 0 heterocycles. The number of unbranched alkanes of at least 4 members (excludes halogenated alkanes) is 12. The Kier molecular flexibility index (Phi) is 17.8. The quantitative estimate of drug-likeness (QED) is 0.0946. The minimum atomic E-state index is -2.36. The van der Waals surface area contributed by atoms with Crippen LogP contribution in [0.25, 0.3) is 0 Å². The van der Waals surface area contributed by atoms with Gasteiger partial charge in [-0.1, -0.05) is 89.2 Å². The first-order chi connectivity index (χ1) is 11.4. The summed E-state index contributed by atoms with van der Waals surface area (Å²) in [6.45, 7) is 7.44. The molecule has 0 aromatic heterocycles. The molecule has 0 fully saturated rings. The van der Waals surface area contributed by atoms with Gasteiger partial charge in [0.25, 0.3) is 0 Å². The minimum absolute atomic E-state index is 0.717. The minimum Gasteiger partial charge on any atom is -0.377 e. The molecule has 24 heavy (non-hydrogen) atoms. The Morgan fingerprint density at radius 3 is 1.46 bits per heavy atom. The van der Waals surface area contributed by atoms with Crippen molar-refractivity contribution < 1.29 is 4.74 Å². The molecule has 0 rings (SSSR count). The predicted octanol–water partition coefficient (Wildman–Crippen LogP) is 8.31. The molecular weight excluding hydrogens is 379 g/mol. The van der Waals surface area contributed by atoms with E-state index in [1.807, 2.05) is 6.92 Å². The lowest BCUT2D eigenvalue weighted by Gasteiger charge is -2.07. The third-order valence-electron chi connectivity index (χ3n) is 4.10. The fraction of sp³-hybridized carbons (Fsp3) is 0.895. The molecule has 0 spiro atoms. The molecule has 0 aromatic rings. The van der Waals surface area contributed by atoms with Gasteiger partial charge in [0.2, 0.25) is 0 Å². The van der Waals surface area contributed by atoms with E-state index in [1.54, 1.807) is 0 Å². The normalized spacial score (nSPS) is 11.8. The van der Waals surface area contributed by atoms with Crippen LogP contribution in [0.2, 0.25) is 6.04 Å². The van der Waals surface area contributed by atoms with Gasteiger partial charge in [0, 0.05) is 6.61 Å². The number of hydrogen-bond donors (Lipinski definition) is 0. The SMILES string of the molecule is C=C(C)COCCCCCCCCCCCCCCC[Si](Cl)(Cl)Cl. The molecule has 5 heteroatoms. The average molecular weight is 416 g/mol. The van der Waals surface area contributed by atoms with Gasteiger partial charge in [0.1, 0.15) is 0 Å². The van der Waals surface area contributed by atoms with E-state index < -0.39 is 6.00 Å². The maximum Gasteiger partial charge on any atom is 0.341 e. The van der Waals surface area contributed by atoms with Crippen molar-refractivity contribution in [2.75, 3.05) is 13.2 Å². The van der Waals surface area contributed by atoms with Gasteiger partial charge in [-0.3, -0.25) is 0 Å². The average Bonchev–Trinajstić information content (AvgIpc) is 2.49. The van der Waals surface area contributed by atoms with Crippen molar-refractivity contribution in [3.63, 3.8) is 0 Å². The van der Waals surface area contributed by atoms with Crippen molar-refractivity contribution in [2.45, 2.75) is 96.4 Å². The summed E-state index contributed by atoms with van der Waals surface area (Å²) in [5.41, 5.74) is 1.11. The van der Waals surface area contributed by atoms with E-state index in [0.29, 0.717) is 6.61 Å². The van der Waals surface area contributed by atoms with Crippen LogP contribution in [0.1, 0.15) is 90.4 Å². The highest BCUT2D eigenvalue weighted by atomic mass is 35.8. The van der Waals surface area contributed by atoms with Crippen molar-refractivity contribution in [1.29, 1.82) is 0 Å². The zero-order valence-electron chi connectivity index (χ0n) is 15.6. The monoisotopic (exact) mass is 414 g/mol. The third kappa shape index (κ3) is 22.8. The summed E-state index contributed by atoms with van der Waals surface area (Å²) in [6, 6.07) is -1.55. The van der Waals surface area contributed by atoms with Gasteiger partial charge in [-0.05, 0) is 19.4 Å². The second kappa shape index (κ2) is 17.2. The maximum atomic E-state index is 5.87. The number of rotatable bonds is 18. The van der Waals surface area contributed by atoms with E-state index in [4.69, 9.17) is 38.0 Å². The largest absolute Gasteiger partial charge is 0.377 e. The van der Waals surface area contributed by atoms with Crippen molar-refractivity contribution in [2.24, 2.45) is 0 Å². The van der Waals surface area contributed by atoms with Gasteiger partial charge >= 0.3 is 6.00 Å². The van der Waals surface area contributed by atoms with Crippen LogP contribution >= 0.6 is 33.2 Å². The first-order valence-corrected chi connectivity index (χ1v) is 14.9. The topological polar surface area (TPSA) is 9.23 Å². The van der Waals surface area contributed by atoms with E-state index in [-0.39, 0.29) is 0 Å². The molecule has 0 saturated carbocycles. The molecule has 0 atom stereocenters. The van der Waals surface area contributed by atoms with E-state index in [0.717, 1.165) is 24.6 Å². The molecule has 1 nitrogen and oxygen atoms in total. The van der Waals surface area contributed by atoms with E-state index >= 15 is 0 Å². The maximum absolute atomic E-state index is 5.87. The molecule has 0 aliphatic rings. The third-order valence-corrected chi connectivity index (χ3v) is 6.72. The molecule has 0 amide bonds. The zero-order valence-corrected chi connectivity index (χ0v) is 18.8. The van der Waals surface area contributed by atoms with Gasteiger partial charge < -0.3 is 4.74 Å². The molecule has 0 bridgehead atoms. The molecule has 0 saturated heterocycles. The van der Waals surface area contributed by atoms with Crippen LogP contribution in [0.3, 0.4) is 0 Å². The highest BCUT2D eigenvalue weighted by Gasteiger charge is 2.23. The summed E-state index contributed by atoms with van der Waals surface area (Å²) < 4.78 is 5.50. The van der Waals surface area contributed by atoms with E-state index in [9.17, 15) is 0 Å². The Balaban J connectivity index is 3.04. The van der Waals surface area contributed by atoms with Crippen LogP contribution < -0.4 is 0 Å². The van der Waals surface area contributed by atoms with Crippen LogP contribution in [0.4, 0.5) is 0 Å². The Labute approximate surface area is 165 Å². The van der Waals surface area contributed by atoms with Gasteiger partial charge in [0.15, 0.2) is 0 Å². The Morgan fingerprint density at radius 1 is 0.708 bits per heavy atom. The van der Waals surface area contributed by atoms with Crippen LogP contribution in [0, 0.1) is 0 Å². The van der Waals surface area contributed by atoms with Crippen molar-refractivity contribution in [1.82, 2.24) is 0 Å². The summed E-state index contributed by atoms with van der Waals surface area (Å²) in [6.07, 6.45) is 17.1. The zero-order chi connectivity index (χ0) is 18.1. The van der Waals surface area contributed by atoms with Gasteiger partial charge in [-0.15, -0.1) is 33.2 Å². The smallest absolute Gasteiger partial charge is 0.341 e. The Hall–Kier alpha value is 0.787. The lowest BCUT2D eigenvalue weighted by molar-refractivity contribution is 0.151. The van der Waals surface area contributed by atoms with Crippen LogP contribution in [0.15, 0.2) is 12.2 Å². The van der Waals surface area contributed by atoms with Crippen LogP contribution in [0.5, 0.6) is 0 Å². The highest BCUT2D eigenvalue weighted by Crippen LogP contribution is 2.27. The molecular formula is C19H37Cl3OSi. The van der Waals surface area contributed by atoms with Crippen LogP contribution in [-0.2, 0) is 4.74 Å². The molecule has 0 aliphatic heterocycles. The fourth-order valence-corrected chi connectivity index (χ4v) is 4.57. The number of hydrogen-bond acceptors (Lipinski definition) is 1.